The third-order valence-corrected chi connectivity index (χ3v) is 2.20. The summed E-state index contributed by atoms with van der Waals surface area (Å²) < 4.78 is 27.9. The molecule has 0 unspecified atom stereocenters. The molecule has 1 aromatic heterocycles. The molecular formula is C11H14F2N2O3. The highest BCUT2D eigenvalue weighted by atomic mass is 19.3. The Balaban J connectivity index is 2.70. The first kappa shape index (κ1) is 14.1. The van der Waals surface area contributed by atoms with Gasteiger partial charge in [-0.2, -0.15) is 8.78 Å². The highest BCUT2D eigenvalue weighted by molar-refractivity contribution is 5.77. The van der Waals surface area contributed by atoms with Crippen LogP contribution in [0.2, 0.25) is 0 Å². The van der Waals surface area contributed by atoms with Crippen molar-refractivity contribution in [2.45, 2.75) is 26.5 Å². The van der Waals surface area contributed by atoms with Crippen molar-refractivity contribution >= 4 is 11.8 Å². The molecule has 0 spiro atoms. The molecular weight excluding hydrogens is 246 g/mol. The maximum atomic E-state index is 11.9. The van der Waals surface area contributed by atoms with Gasteiger partial charge in [0, 0.05) is 0 Å². The second-order valence-corrected chi connectivity index (χ2v) is 3.96. The Morgan fingerprint density at radius 3 is 2.50 bits per heavy atom. The van der Waals surface area contributed by atoms with Crippen LogP contribution >= 0.6 is 0 Å². The summed E-state index contributed by atoms with van der Waals surface area (Å²) in [4.78, 5) is 14.7. The number of carboxylic acids is 1. The summed E-state index contributed by atoms with van der Waals surface area (Å²) in [5.41, 5.74) is 0. The fourth-order valence-electron chi connectivity index (χ4n) is 1.31. The zero-order valence-corrected chi connectivity index (χ0v) is 9.93. The average molecular weight is 260 g/mol. The molecule has 5 nitrogen and oxygen atoms in total. The second-order valence-electron chi connectivity index (χ2n) is 3.96. The summed E-state index contributed by atoms with van der Waals surface area (Å²) in [5, 5.41) is 11.7. The Labute approximate surface area is 103 Å². The van der Waals surface area contributed by atoms with Crippen LogP contribution in [0.25, 0.3) is 0 Å². The van der Waals surface area contributed by atoms with Crippen LogP contribution in [-0.2, 0) is 4.79 Å². The molecule has 0 saturated carbocycles. The smallest absolute Gasteiger partial charge is 0.387 e. The molecule has 0 aliphatic heterocycles. The van der Waals surface area contributed by atoms with Gasteiger partial charge < -0.3 is 15.2 Å². The normalized spacial score (nSPS) is 12.6. The van der Waals surface area contributed by atoms with Crippen molar-refractivity contribution in [3.63, 3.8) is 0 Å². The molecule has 100 valence electrons. The lowest BCUT2D eigenvalue weighted by Crippen LogP contribution is -2.34. The van der Waals surface area contributed by atoms with Crippen LogP contribution in [0.4, 0.5) is 14.6 Å². The van der Waals surface area contributed by atoms with Crippen molar-refractivity contribution < 1.29 is 23.4 Å². The van der Waals surface area contributed by atoms with Gasteiger partial charge in [-0.05, 0) is 18.1 Å². The van der Waals surface area contributed by atoms with Crippen molar-refractivity contribution in [2.24, 2.45) is 5.92 Å². The Bertz CT molecular complexity index is 396. The number of nitrogens with zero attached hydrogens (tertiary/aromatic N) is 1. The monoisotopic (exact) mass is 260 g/mol. The van der Waals surface area contributed by atoms with E-state index in [0.29, 0.717) is 0 Å². The number of nitrogens with one attached hydrogen (secondary N) is 1. The molecule has 0 amide bonds. The zero-order valence-electron chi connectivity index (χ0n) is 9.93. The van der Waals surface area contributed by atoms with Gasteiger partial charge in [0.1, 0.15) is 17.6 Å². The van der Waals surface area contributed by atoms with E-state index in [4.69, 9.17) is 5.11 Å². The third kappa shape index (κ3) is 4.15. The first-order chi connectivity index (χ1) is 8.40. The number of rotatable bonds is 6. The van der Waals surface area contributed by atoms with Gasteiger partial charge in [-0.3, -0.25) is 0 Å². The fraction of sp³-hybridized carbons (Fsp3) is 0.455. The van der Waals surface area contributed by atoms with Crippen molar-refractivity contribution in [1.82, 2.24) is 4.98 Å². The number of pyridine rings is 1. The second kappa shape index (κ2) is 6.13. The first-order valence-electron chi connectivity index (χ1n) is 5.30. The minimum Gasteiger partial charge on any atom is -0.480 e. The molecule has 1 heterocycles. The predicted molar refractivity (Wildman–Crippen MR) is 60.8 cm³/mol. The van der Waals surface area contributed by atoms with Gasteiger partial charge in [0.05, 0.1) is 6.20 Å². The number of halogens is 2. The number of carboxylic acid groups (broad SMARTS) is 1. The molecule has 0 saturated heterocycles. The van der Waals surface area contributed by atoms with Crippen LogP contribution < -0.4 is 10.1 Å². The quantitative estimate of drug-likeness (QED) is 0.820. The number of carbonyl (C=O) groups is 1. The number of ether oxygens (including phenoxy) is 1. The lowest BCUT2D eigenvalue weighted by molar-refractivity contribution is -0.138. The molecule has 0 fully saturated rings. The molecule has 0 aliphatic rings. The van der Waals surface area contributed by atoms with E-state index in [1.165, 1.54) is 12.1 Å². The van der Waals surface area contributed by atoms with Crippen LogP contribution in [0, 0.1) is 5.92 Å². The van der Waals surface area contributed by atoms with Gasteiger partial charge in [-0.1, -0.05) is 13.8 Å². The van der Waals surface area contributed by atoms with Gasteiger partial charge in [0.25, 0.3) is 0 Å². The number of aromatic nitrogens is 1. The Kier molecular flexibility index (Phi) is 4.82. The number of alkyl halides is 2. The van der Waals surface area contributed by atoms with E-state index in [1.54, 1.807) is 13.8 Å². The van der Waals surface area contributed by atoms with Gasteiger partial charge in [0.2, 0.25) is 0 Å². The van der Waals surface area contributed by atoms with Crippen LogP contribution in [-0.4, -0.2) is 28.7 Å². The third-order valence-electron chi connectivity index (χ3n) is 2.20. The highest BCUT2D eigenvalue weighted by Crippen LogP contribution is 2.16. The Morgan fingerprint density at radius 1 is 1.44 bits per heavy atom. The minimum absolute atomic E-state index is 0.0769. The van der Waals surface area contributed by atoms with E-state index < -0.39 is 18.6 Å². The van der Waals surface area contributed by atoms with Gasteiger partial charge in [-0.25, -0.2) is 9.78 Å². The molecule has 1 atom stereocenters. The van der Waals surface area contributed by atoms with Crippen LogP contribution in [0.1, 0.15) is 13.8 Å². The van der Waals surface area contributed by atoms with Crippen LogP contribution in [0.15, 0.2) is 18.3 Å². The summed E-state index contributed by atoms with van der Waals surface area (Å²) in [7, 11) is 0. The average Bonchev–Trinajstić information content (AvgIpc) is 2.26. The van der Waals surface area contributed by atoms with Crippen LogP contribution in [0.3, 0.4) is 0 Å². The molecule has 18 heavy (non-hydrogen) atoms. The largest absolute Gasteiger partial charge is 0.480 e. The molecule has 1 aromatic rings. The molecule has 1 rings (SSSR count). The lowest BCUT2D eigenvalue weighted by Gasteiger charge is -2.18. The summed E-state index contributed by atoms with van der Waals surface area (Å²) >= 11 is 0. The van der Waals surface area contributed by atoms with Crippen molar-refractivity contribution in [2.75, 3.05) is 5.32 Å². The van der Waals surface area contributed by atoms with E-state index in [0.717, 1.165) is 6.20 Å². The molecule has 7 heteroatoms. The van der Waals surface area contributed by atoms with E-state index in [1.807, 2.05) is 0 Å². The summed E-state index contributed by atoms with van der Waals surface area (Å²) in [5.74, 6) is -0.925. The summed E-state index contributed by atoms with van der Waals surface area (Å²) in [6, 6.07) is 1.89. The van der Waals surface area contributed by atoms with Crippen molar-refractivity contribution in [1.29, 1.82) is 0 Å². The Hall–Kier alpha value is -1.92. The Morgan fingerprint density at radius 2 is 2.11 bits per heavy atom. The number of aliphatic carboxylic acids is 1. The molecule has 0 aliphatic carbocycles. The van der Waals surface area contributed by atoms with E-state index in [9.17, 15) is 13.6 Å². The maximum Gasteiger partial charge on any atom is 0.387 e. The highest BCUT2D eigenvalue weighted by Gasteiger charge is 2.21. The van der Waals surface area contributed by atoms with Gasteiger partial charge >= 0.3 is 12.6 Å². The molecule has 0 aromatic carbocycles. The number of anilines is 1. The van der Waals surface area contributed by atoms with Crippen molar-refractivity contribution in [3.8, 4) is 5.75 Å². The molecule has 2 N–H and O–H groups in total. The minimum atomic E-state index is -2.91. The SMILES string of the molecule is CC(C)[C@@H](Nc1ccc(OC(F)F)cn1)C(=O)O. The zero-order chi connectivity index (χ0) is 13.7. The molecule has 0 bridgehead atoms. The lowest BCUT2D eigenvalue weighted by atomic mass is 10.1. The van der Waals surface area contributed by atoms with Gasteiger partial charge in [0.15, 0.2) is 0 Å². The van der Waals surface area contributed by atoms with Gasteiger partial charge in [-0.15, -0.1) is 0 Å². The topological polar surface area (TPSA) is 71.5 Å². The fourth-order valence-corrected chi connectivity index (χ4v) is 1.31. The van der Waals surface area contributed by atoms with Crippen molar-refractivity contribution in [3.05, 3.63) is 18.3 Å². The number of hydrogen-bond acceptors (Lipinski definition) is 4. The predicted octanol–water partition coefficient (Wildman–Crippen LogP) is 2.20. The van der Waals surface area contributed by atoms with E-state index in [-0.39, 0.29) is 17.5 Å². The first-order valence-corrected chi connectivity index (χ1v) is 5.30. The van der Waals surface area contributed by atoms with E-state index >= 15 is 0 Å². The summed E-state index contributed by atoms with van der Waals surface area (Å²) in [6.45, 7) is 0.591. The maximum absolute atomic E-state index is 11.9. The standard InChI is InChI=1S/C11H14F2N2O3/c1-6(2)9(10(16)17)15-8-4-3-7(5-14-8)18-11(12)13/h3-6,9,11H,1-2H3,(H,14,15)(H,16,17)/t9-/m1/s1. The number of hydrogen-bond donors (Lipinski definition) is 2. The molecule has 0 radical (unpaired) electrons. The van der Waals surface area contributed by atoms with E-state index in [2.05, 4.69) is 15.0 Å². The summed E-state index contributed by atoms with van der Waals surface area (Å²) in [6.07, 6.45) is 1.10. The van der Waals surface area contributed by atoms with Crippen LogP contribution in [0.5, 0.6) is 5.75 Å².